The fourth-order valence-corrected chi connectivity index (χ4v) is 10.8. The van der Waals surface area contributed by atoms with Crippen LogP contribution in [0.4, 0.5) is 0 Å². The van der Waals surface area contributed by atoms with Crippen LogP contribution in [0.15, 0.2) is 97.1 Å². The lowest BCUT2D eigenvalue weighted by Crippen LogP contribution is -2.17. The van der Waals surface area contributed by atoms with Crippen molar-refractivity contribution in [1.29, 1.82) is 0 Å². The lowest BCUT2D eigenvalue weighted by Gasteiger charge is -2.24. The van der Waals surface area contributed by atoms with Gasteiger partial charge in [0, 0.05) is 17.0 Å². The second kappa shape index (κ2) is 13.8. The Morgan fingerprint density at radius 1 is 0.529 bits per heavy atom. The summed E-state index contributed by atoms with van der Waals surface area (Å²) in [7, 11) is -5.21. The normalized spacial score (nSPS) is 15.6. The summed E-state index contributed by atoms with van der Waals surface area (Å²) >= 11 is 0. The van der Waals surface area contributed by atoms with Crippen LogP contribution in [0.25, 0.3) is 44.5 Å². The predicted octanol–water partition coefficient (Wildman–Crippen LogP) is 12.4. The van der Waals surface area contributed by atoms with Crippen LogP contribution in [0, 0.1) is 0 Å². The third kappa shape index (κ3) is 6.54. The molecule has 7 rings (SSSR count). The van der Waals surface area contributed by atoms with Gasteiger partial charge in [-0.25, -0.2) is 0 Å². The van der Waals surface area contributed by atoms with Crippen molar-refractivity contribution in [1.82, 2.24) is 0 Å². The molecule has 51 heavy (non-hydrogen) atoms. The molecule has 0 N–H and O–H groups in total. The maximum Gasteiger partial charge on any atom is 0.335 e. The topological polar surface area (TPSA) is 61.8 Å². The second-order valence-corrected chi connectivity index (χ2v) is 18.1. The van der Waals surface area contributed by atoms with Gasteiger partial charge in [0.15, 0.2) is 8.03 Å². The molecule has 2 aliphatic rings. The molecule has 0 amide bonds. The Hall–Kier alpha value is -3.56. The second-order valence-electron chi connectivity index (χ2n) is 14.7. The molecule has 0 aliphatic heterocycles. The van der Waals surface area contributed by atoms with Gasteiger partial charge in [0.1, 0.15) is 0 Å². The van der Waals surface area contributed by atoms with E-state index in [0.717, 1.165) is 22.3 Å². The summed E-state index contributed by atoms with van der Waals surface area (Å²) < 4.78 is 41.6. The van der Waals surface area contributed by atoms with Crippen molar-refractivity contribution >= 4 is 15.6 Å². The van der Waals surface area contributed by atoms with Crippen molar-refractivity contribution in [3.8, 4) is 44.5 Å². The Labute approximate surface area is 303 Å². The Bertz CT molecular complexity index is 2170. The standard InChI is InChI=1S/C44H48O5P2/c1-8-47-50(45)27-29-11-15-31(16-12-29)33-19-21-35-37-25-42-38(26-41(37)43(4,5)39(35)23-33)36-22-20-34(24-40(36)44(42,6)7)32-17-13-30(14-18-32)28-51(46,48-9-2)49-10-3/h11-26,50H,8-10,27-28H2,1-7H3. The third-order valence-corrected chi connectivity index (χ3v) is 14.1. The van der Waals surface area contributed by atoms with Gasteiger partial charge < -0.3 is 13.6 Å². The van der Waals surface area contributed by atoms with Crippen LogP contribution < -0.4 is 0 Å². The van der Waals surface area contributed by atoms with E-state index in [2.05, 4.69) is 113 Å². The molecule has 0 saturated carbocycles. The molecule has 0 saturated heterocycles. The van der Waals surface area contributed by atoms with Crippen molar-refractivity contribution in [3.63, 3.8) is 0 Å². The molecule has 1 atom stereocenters. The number of hydrogen-bond donors (Lipinski definition) is 0. The van der Waals surface area contributed by atoms with E-state index in [4.69, 9.17) is 13.6 Å². The summed E-state index contributed by atoms with van der Waals surface area (Å²) in [5, 5.41) is 0. The summed E-state index contributed by atoms with van der Waals surface area (Å²) in [6.07, 6.45) is 0.736. The van der Waals surface area contributed by atoms with Crippen LogP contribution in [0.3, 0.4) is 0 Å². The highest BCUT2D eigenvalue weighted by atomic mass is 31.2. The first-order valence-corrected chi connectivity index (χ1v) is 21.3. The van der Waals surface area contributed by atoms with Gasteiger partial charge >= 0.3 is 7.60 Å². The molecule has 1 unspecified atom stereocenters. The zero-order chi connectivity index (χ0) is 36.1. The summed E-state index contributed by atoms with van der Waals surface area (Å²) in [5.41, 5.74) is 16.9. The van der Waals surface area contributed by atoms with Crippen LogP contribution in [-0.4, -0.2) is 19.8 Å². The lowest BCUT2D eigenvalue weighted by atomic mass is 9.79. The van der Waals surface area contributed by atoms with Gasteiger partial charge in [-0.05, 0) is 123 Å². The summed E-state index contributed by atoms with van der Waals surface area (Å²) in [4.78, 5) is 0. The highest BCUT2D eigenvalue weighted by Gasteiger charge is 2.42. The zero-order valence-electron chi connectivity index (χ0n) is 30.8. The number of benzene rings is 5. The SMILES string of the molecule is CCO[PH](=O)Cc1ccc(-c2ccc3c(c2)C(C)(C)c2cc4c(cc2-3)C(C)(C)c2cc(-c3ccc(CP(=O)(OCC)OCC)cc3)ccc2-4)cc1. The summed E-state index contributed by atoms with van der Waals surface area (Å²) in [6, 6.07) is 35.4. The largest absolute Gasteiger partial charge is 0.335 e. The van der Waals surface area contributed by atoms with Gasteiger partial charge in [-0.15, -0.1) is 0 Å². The first-order chi connectivity index (χ1) is 24.4. The van der Waals surface area contributed by atoms with Gasteiger partial charge in [-0.3, -0.25) is 9.13 Å². The van der Waals surface area contributed by atoms with Crippen LogP contribution in [0.5, 0.6) is 0 Å². The Balaban J connectivity index is 1.18. The zero-order valence-corrected chi connectivity index (χ0v) is 32.7. The molecule has 7 heteroatoms. The van der Waals surface area contributed by atoms with Crippen molar-refractivity contribution < 1.29 is 22.7 Å². The Morgan fingerprint density at radius 3 is 1.37 bits per heavy atom. The average molecular weight is 719 g/mol. The van der Waals surface area contributed by atoms with Crippen molar-refractivity contribution in [2.24, 2.45) is 0 Å². The van der Waals surface area contributed by atoms with Gasteiger partial charge in [-0.2, -0.15) is 0 Å². The van der Waals surface area contributed by atoms with Gasteiger partial charge in [0.2, 0.25) is 0 Å². The van der Waals surface area contributed by atoms with Crippen LogP contribution >= 0.6 is 15.6 Å². The van der Waals surface area contributed by atoms with E-state index in [1.807, 2.05) is 32.9 Å². The van der Waals surface area contributed by atoms with Crippen LogP contribution in [0.1, 0.15) is 81.8 Å². The predicted molar refractivity (Wildman–Crippen MR) is 211 cm³/mol. The monoisotopic (exact) mass is 718 g/mol. The molecule has 0 aromatic heterocycles. The fourth-order valence-electron chi connectivity index (χ4n) is 8.06. The highest BCUT2D eigenvalue weighted by molar-refractivity contribution is 7.53. The number of hydrogen-bond acceptors (Lipinski definition) is 5. The van der Waals surface area contributed by atoms with Crippen molar-refractivity contribution in [2.75, 3.05) is 19.8 Å². The van der Waals surface area contributed by atoms with Gasteiger partial charge in [0.25, 0.3) is 0 Å². The minimum absolute atomic E-state index is 0.157. The smallest absolute Gasteiger partial charge is 0.331 e. The van der Waals surface area contributed by atoms with Gasteiger partial charge in [-0.1, -0.05) is 100 Å². The minimum atomic E-state index is -3.16. The Morgan fingerprint density at radius 2 is 0.941 bits per heavy atom. The quantitative estimate of drug-likeness (QED) is 0.120. The van der Waals surface area contributed by atoms with E-state index >= 15 is 0 Å². The van der Waals surface area contributed by atoms with E-state index < -0.39 is 15.6 Å². The van der Waals surface area contributed by atoms with E-state index in [1.54, 1.807) is 0 Å². The maximum atomic E-state index is 13.1. The van der Waals surface area contributed by atoms with E-state index in [-0.39, 0.29) is 17.0 Å². The molecule has 5 aromatic rings. The molecule has 0 radical (unpaired) electrons. The van der Waals surface area contributed by atoms with Gasteiger partial charge in [0.05, 0.1) is 26.0 Å². The molecule has 0 bridgehead atoms. The summed E-state index contributed by atoms with van der Waals surface area (Å²) in [5.74, 6) is 0. The average Bonchev–Trinajstić information content (AvgIpc) is 3.46. The molecule has 0 fully saturated rings. The molecule has 2 aliphatic carbocycles. The van der Waals surface area contributed by atoms with E-state index in [0.29, 0.717) is 26.0 Å². The minimum Gasteiger partial charge on any atom is -0.331 e. The first-order valence-electron chi connectivity index (χ1n) is 18.1. The van der Waals surface area contributed by atoms with E-state index in [9.17, 15) is 9.13 Å². The van der Waals surface area contributed by atoms with Crippen LogP contribution in [0.2, 0.25) is 0 Å². The fraction of sp³-hybridized carbons (Fsp3) is 0.318. The highest BCUT2D eigenvalue weighted by Crippen LogP contribution is 2.57. The molecule has 0 heterocycles. The molecular formula is C44H48O5P2. The molecule has 5 nitrogen and oxygen atoms in total. The summed E-state index contributed by atoms with van der Waals surface area (Å²) in [6.45, 7) is 16.1. The Kier molecular flexibility index (Phi) is 9.67. The molecular weight excluding hydrogens is 670 g/mol. The molecule has 0 spiro atoms. The third-order valence-electron chi connectivity index (χ3n) is 10.7. The number of fused-ring (bicyclic) bond motifs is 6. The van der Waals surface area contributed by atoms with Crippen molar-refractivity contribution in [2.45, 2.75) is 71.6 Å². The molecule has 264 valence electrons. The molecule has 5 aromatic carbocycles. The van der Waals surface area contributed by atoms with Crippen molar-refractivity contribution in [3.05, 3.63) is 130 Å². The number of rotatable bonds is 12. The van der Waals surface area contributed by atoms with E-state index in [1.165, 1.54) is 55.6 Å². The first kappa shape index (κ1) is 35.8. The van der Waals surface area contributed by atoms with Crippen LogP contribution in [-0.2, 0) is 45.9 Å². The maximum absolute atomic E-state index is 13.1. The lowest BCUT2D eigenvalue weighted by molar-refractivity contribution is 0.219.